The Labute approximate surface area is 190 Å². The summed E-state index contributed by atoms with van der Waals surface area (Å²) >= 11 is 0. The summed E-state index contributed by atoms with van der Waals surface area (Å²) in [5.74, 6) is -0.275. The van der Waals surface area contributed by atoms with Crippen molar-refractivity contribution in [2.75, 3.05) is 39.4 Å². The molecule has 1 amide bonds. The van der Waals surface area contributed by atoms with Crippen LogP contribution in [0, 0.1) is 6.92 Å². The third kappa shape index (κ3) is 5.38. The van der Waals surface area contributed by atoms with Gasteiger partial charge in [0.2, 0.25) is 10.0 Å². The largest absolute Gasteiger partial charge is 0.379 e. The van der Waals surface area contributed by atoms with Gasteiger partial charge in [0, 0.05) is 31.7 Å². The van der Waals surface area contributed by atoms with Crippen LogP contribution in [-0.2, 0) is 27.8 Å². The average molecular weight is 458 g/mol. The Morgan fingerprint density at radius 1 is 0.969 bits per heavy atom. The van der Waals surface area contributed by atoms with Gasteiger partial charge in [-0.05, 0) is 61.7 Å². The molecular formula is C24H31N3O4S. The number of carbonyl (C=O) groups excluding carboxylic acids is 1. The van der Waals surface area contributed by atoms with E-state index < -0.39 is 10.0 Å². The van der Waals surface area contributed by atoms with E-state index in [0.717, 1.165) is 30.8 Å². The van der Waals surface area contributed by atoms with E-state index >= 15 is 0 Å². The van der Waals surface area contributed by atoms with Crippen molar-refractivity contribution in [1.82, 2.24) is 14.5 Å². The van der Waals surface area contributed by atoms with Crippen molar-refractivity contribution in [1.29, 1.82) is 0 Å². The average Bonchev–Trinajstić information content (AvgIpc) is 3.32. The number of likely N-dealkylation sites (tertiary alicyclic amines) is 1. The van der Waals surface area contributed by atoms with Crippen LogP contribution < -0.4 is 5.32 Å². The lowest BCUT2D eigenvalue weighted by Crippen LogP contribution is -2.40. The van der Waals surface area contributed by atoms with E-state index in [2.05, 4.69) is 22.3 Å². The zero-order valence-electron chi connectivity index (χ0n) is 18.5. The zero-order valence-corrected chi connectivity index (χ0v) is 19.4. The minimum absolute atomic E-state index is 0.140. The Hall–Kier alpha value is -2.26. The summed E-state index contributed by atoms with van der Waals surface area (Å²) in [5, 5.41) is 2.93. The van der Waals surface area contributed by atoms with Crippen LogP contribution in [0.4, 0.5) is 0 Å². The van der Waals surface area contributed by atoms with Crippen LogP contribution in [-0.4, -0.2) is 62.9 Å². The highest BCUT2D eigenvalue weighted by Crippen LogP contribution is 2.21. The molecule has 0 spiro atoms. The summed E-state index contributed by atoms with van der Waals surface area (Å²) < 4.78 is 32.5. The second kappa shape index (κ2) is 10.1. The van der Waals surface area contributed by atoms with Crippen molar-refractivity contribution >= 4 is 15.9 Å². The van der Waals surface area contributed by atoms with Gasteiger partial charge in [0.1, 0.15) is 0 Å². The van der Waals surface area contributed by atoms with E-state index in [4.69, 9.17) is 4.74 Å². The minimum Gasteiger partial charge on any atom is -0.379 e. The van der Waals surface area contributed by atoms with Crippen molar-refractivity contribution in [2.24, 2.45) is 0 Å². The predicted molar refractivity (Wildman–Crippen MR) is 123 cm³/mol. The van der Waals surface area contributed by atoms with Crippen molar-refractivity contribution in [2.45, 2.75) is 37.8 Å². The lowest BCUT2D eigenvalue weighted by molar-refractivity contribution is 0.0730. The number of amides is 1. The molecule has 0 bridgehead atoms. The number of nitrogens with one attached hydrogen (secondary N) is 1. The first-order valence-corrected chi connectivity index (χ1v) is 12.6. The molecule has 172 valence electrons. The summed E-state index contributed by atoms with van der Waals surface area (Å²) in [4.78, 5) is 15.4. The summed E-state index contributed by atoms with van der Waals surface area (Å²) in [7, 11) is -3.65. The molecular weight excluding hydrogens is 426 g/mol. The number of ether oxygens (including phenoxy) is 1. The Bertz CT molecular complexity index is 1040. The third-order valence-electron chi connectivity index (χ3n) is 6.14. The maximum absolute atomic E-state index is 12.9. The van der Waals surface area contributed by atoms with Crippen molar-refractivity contribution < 1.29 is 17.9 Å². The molecule has 2 aromatic carbocycles. The Morgan fingerprint density at radius 3 is 2.31 bits per heavy atom. The Morgan fingerprint density at radius 2 is 1.62 bits per heavy atom. The molecule has 2 saturated heterocycles. The van der Waals surface area contributed by atoms with E-state index in [1.165, 1.54) is 28.8 Å². The Balaban J connectivity index is 1.40. The molecule has 1 N–H and O–H groups in total. The van der Waals surface area contributed by atoms with Crippen molar-refractivity contribution in [3.05, 3.63) is 64.7 Å². The SMILES string of the molecule is Cc1ccc(S(=O)(=O)N2CCOCC2)cc1C(=O)NCc1ccc(CN2CCCC2)cc1. The molecule has 7 nitrogen and oxygen atoms in total. The van der Waals surface area contributed by atoms with Crippen LogP contribution in [0.25, 0.3) is 0 Å². The standard InChI is InChI=1S/C24H31N3O4S/c1-19-4-9-22(32(29,30)27-12-14-31-15-13-27)16-23(19)24(28)25-17-20-5-7-21(8-6-20)18-26-10-2-3-11-26/h4-9,16H,2-3,10-15,17-18H2,1H3,(H,25,28). The van der Waals surface area contributed by atoms with Crippen LogP contribution in [0.15, 0.2) is 47.4 Å². The monoisotopic (exact) mass is 457 g/mol. The molecule has 0 aromatic heterocycles. The van der Waals surface area contributed by atoms with E-state index in [0.29, 0.717) is 38.4 Å². The molecule has 0 saturated carbocycles. The fourth-order valence-electron chi connectivity index (χ4n) is 4.18. The van der Waals surface area contributed by atoms with E-state index in [1.807, 2.05) is 19.1 Å². The van der Waals surface area contributed by atoms with Gasteiger partial charge in [0.05, 0.1) is 18.1 Å². The number of hydrogen-bond donors (Lipinski definition) is 1. The Kier molecular flexibility index (Phi) is 7.25. The summed E-state index contributed by atoms with van der Waals surface area (Å²) in [6, 6.07) is 13.0. The molecule has 2 aromatic rings. The van der Waals surface area contributed by atoms with Crippen LogP contribution in [0.2, 0.25) is 0 Å². The predicted octanol–water partition coefficient (Wildman–Crippen LogP) is 2.54. The zero-order chi connectivity index (χ0) is 22.6. The molecule has 32 heavy (non-hydrogen) atoms. The van der Waals surface area contributed by atoms with Crippen LogP contribution >= 0.6 is 0 Å². The highest BCUT2D eigenvalue weighted by molar-refractivity contribution is 7.89. The third-order valence-corrected chi connectivity index (χ3v) is 8.04. The highest BCUT2D eigenvalue weighted by Gasteiger charge is 2.27. The first-order valence-electron chi connectivity index (χ1n) is 11.2. The summed E-state index contributed by atoms with van der Waals surface area (Å²) in [6.07, 6.45) is 2.55. The first-order chi connectivity index (χ1) is 15.4. The number of hydrogen-bond acceptors (Lipinski definition) is 5. The van der Waals surface area contributed by atoms with Gasteiger partial charge in [-0.15, -0.1) is 0 Å². The van der Waals surface area contributed by atoms with Crippen molar-refractivity contribution in [3.8, 4) is 0 Å². The number of sulfonamides is 1. The topological polar surface area (TPSA) is 78.9 Å². The maximum atomic E-state index is 12.9. The van der Waals surface area contributed by atoms with Gasteiger partial charge >= 0.3 is 0 Å². The quantitative estimate of drug-likeness (QED) is 0.691. The van der Waals surface area contributed by atoms with Gasteiger partial charge in [0.25, 0.3) is 5.91 Å². The lowest BCUT2D eigenvalue weighted by Gasteiger charge is -2.26. The van der Waals surface area contributed by atoms with E-state index in [1.54, 1.807) is 12.1 Å². The number of benzene rings is 2. The van der Waals surface area contributed by atoms with E-state index in [9.17, 15) is 13.2 Å². The van der Waals surface area contributed by atoms with Gasteiger partial charge in [-0.3, -0.25) is 9.69 Å². The molecule has 2 aliphatic heterocycles. The molecule has 0 aliphatic carbocycles. The van der Waals surface area contributed by atoms with Crippen LogP contribution in [0.1, 0.15) is 39.9 Å². The van der Waals surface area contributed by atoms with Gasteiger partial charge in [-0.1, -0.05) is 30.3 Å². The fraction of sp³-hybridized carbons (Fsp3) is 0.458. The van der Waals surface area contributed by atoms with Gasteiger partial charge < -0.3 is 10.1 Å². The second-order valence-electron chi connectivity index (χ2n) is 8.48. The lowest BCUT2D eigenvalue weighted by atomic mass is 10.1. The van der Waals surface area contributed by atoms with Crippen LogP contribution in [0.5, 0.6) is 0 Å². The van der Waals surface area contributed by atoms with E-state index in [-0.39, 0.29) is 10.8 Å². The van der Waals surface area contributed by atoms with Crippen molar-refractivity contribution in [3.63, 3.8) is 0 Å². The molecule has 8 heteroatoms. The number of morpholine rings is 1. The first kappa shape index (κ1) is 22.9. The number of aryl methyl sites for hydroxylation is 1. The maximum Gasteiger partial charge on any atom is 0.251 e. The van der Waals surface area contributed by atoms with Crippen LogP contribution in [0.3, 0.4) is 0 Å². The normalized spacial score (nSPS) is 18.0. The molecule has 0 unspecified atom stereocenters. The summed E-state index contributed by atoms with van der Waals surface area (Å²) in [6.45, 7) is 6.92. The smallest absolute Gasteiger partial charge is 0.251 e. The minimum atomic E-state index is -3.65. The fourth-order valence-corrected chi connectivity index (χ4v) is 5.62. The number of nitrogens with zero attached hydrogens (tertiary/aromatic N) is 2. The number of rotatable bonds is 7. The molecule has 4 rings (SSSR count). The molecule has 2 heterocycles. The molecule has 2 fully saturated rings. The van der Waals surface area contributed by atoms with Gasteiger partial charge in [0.15, 0.2) is 0 Å². The number of carbonyl (C=O) groups is 1. The molecule has 0 radical (unpaired) electrons. The van der Waals surface area contributed by atoms with Gasteiger partial charge in [-0.25, -0.2) is 8.42 Å². The molecule has 2 aliphatic rings. The summed E-state index contributed by atoms with van der Waals surface area (Å²) in [5.41, 5.74) is 3.41. The van der Waals surface area contributed by atoms with Gasteiger partial charge in [-0.2, -0.15) is 4.31 Å². The second-order valence-corrected chi connectivity index (χ2v) is 10.4. The molecule has 0 atom stereocenters. The highest BCUT2D eigenvalue weighted by atomic mass is 32.2.